The van der Waals surface area contributed by atoms with Crippen LogP contribution in [-0.2, 0) is 6.42 Å². The summed E-state index contributed by atoms with van der Waals surface area (Å²) in [6.07, 6.45) is 0.785. The van der Waals surface area contributed by atoms with Gasteiger partial charge in [-0.2, -0.15) is 0 Å². The van der Waals surface area contributed by atoms with E-state index in [1.165, 1.54) is 0 Å². The average Bonchev–Trinajstić information content (AvgIpc) is 2.57. The Balaban J connectivity index is 2.41. The fraction of sp³-hybridized carbons (Fsp3) is 0.400. The first-order valence-electron chi connectivity index (χ1n) is 4.51. The minimum Gasteiger partial charge on any atom is -0.454 e. The maximum atomic E-state index is 5.77. The summed E-state index contributed by atoms with van der Waals surface area (Å²) in [6, 6.07) is 3.98. The number of halogens is 1. The highest BCUT2D eigenvalue weighted by Crippen LogP contribution is 2.39. The molecule has 0 saturated heterocycles. The molecule has 1 aliphatic heterocycles. The number of fused-ring (bicyclic) bond motifs is 1. The lowest BCUT2D eigenvalue weighted by molar-refractivity contribution is 0.173. The quantitative estimate of drug-likeness (QED) is 0.883. The highest BCUT2D eigenvalue weighted by Gasteiger charge is 2.20. The van der Waals surface area contributed by atoms with E-state index >= 15 is 0 Å². The molecule has 1 aromatic carbocycles. The van der Waals surface area contributed by atoms with Gasteiger partial charge >= 0.3 is 0 Å². The Labute approximate surface area is 91.3 Å². The van der Waals surface area contributed by atoms with Gasteiger partial charge in [-0.25, -0.2) is 0 Å². The minimum atomic E-state index is 0.113. The van der Waals surface area contributed by atoms with Crippen molar-refractivity contribution >= 4 is 15.9 Å². The zero-order chi connectivity index (χ0) is 10.1. The summed E-state index contributed by atoms with van der Waals surface area (Å²) in [4.78, 5) is 0. The van der Waals surface area contributed by atoms with Crippen molar-refractivity contribution in [2.45, 2.75) is 19.4 Å². The highest BCUT2D eigenvalue weighted by molar-refractivity contribution is 9.10. The summed E-state index contributed by atoms with van der Waals surface area (Å²) in [7, 11) is 0. The third-order valence-electron chi connectivity index (χ3n) is 2.11. The van der Waals surface area contributed by atoms with Gasteiger partial charge < -0.3 is 15.2 Å². The summed E-state index contributed by atoms with van der Waals surface area (Å²) < 4.78 is 11.7. The van der Waals surface area contributed by atoms with Crippen molar-refractivity contribution in [1.82, 2.24) is 0 Å². The molecule has 0 radical (unpaired) electrons. The number of ether oxygens (including phenoxy) is 2. The van der Waals surface area contributed by atoms with Crippen molar-refractivity contribution in [2.24, 2.45) is 5.73 Å². The van der Waals surface area contributed by atoms with E-state index in [1.54, 1.807) is 0 Å². The van der Waals surface area contributed by atoms with Gasteiger partial charge in [-0.05, 0) is 25.5 Å². The van der Waals surface area contributed by atoms with E-state index in [1.807, 2.05) is 19.1 Å². The van der Waals surface area contributed by atoms with Crippen molar-refractivity contribution in [1.29, 1.82) is 0 Å². The third kappa shape index (κ3) is 1.72. The van der Waals surface area contributed by atoms with Crippen LogP contribution in [0.5, 0.6) is 11.5 Å². The molecule has 14 heavy (non-hydrogen) atoms. The van der Waals surface area contributed by atoms with Crippen LogP contribution < -0.4 is 15.2 Å². The van der Waals surface area contributed by atoms with Crippen LogP contribution in [0, 0.1) is 0 Å². The van der Waals surface area contributed by atoms with Crippen LogP contribution in [0.4, 0.5) is 0 Å². The first-order chi connectivity index (χ1) is 6.68. The number of nitrogens with two attached hydrogens (primary N) is 1. The monoisotopic (exact) mass is 257 g/mol. The van der Waals surface area contributed by atoms with Crippen LogP contribution in [0.1, 0.15) is 12.5 Å². The van der Waals surface area contributed by atoms with Crippen molar-refractivity contribution in [2.75, 3.05) is 6.79 Å². The second-order valence-corrected chi connectivity index (χ2v) is 4.30. The Kier molecular flexibility index (Phi) is 2.65. The molecule has 2 rings (SSSR count). The molecular weight excluding hydrogens is 246 g/mol. The molecule has 0 spiro atoms. The molecular formula is C10H12BrNO2. The average molecular weight is 258 g/mol. The van der Waals surface area contributed by atoms with Gasteiger partial charge in [0.15, 0.2) is 11.5 Å². The highest BCUT2D eigenvalue weighted by atomic mass is 79.9. The lowest BCUT2D eigenvalue weighted by Crippen LogP contribution is -2.18. The zero-order valence-electron chi connectivity index (χ0n) is 7.92. The Morgan fingerprint density at radius 1 is 1.50 bits per heavy atom. The fourth-order valence-electron chi connectivity index (χ4n) is 1.52. The Hall–Kier alpha value is -0.740. The first-order valence-corrected chi connectivity index (χ1v) is 5.30. The molecule has 1 atom stereocenters. The molecule has 0 fully saturated rings. The van der Waals surface area contributed by atoms with Crippen LogP contribution >= 0.6 is 15.9 Å². The lowest BCUT2D eigenvalue weighted by Gasteiger charge is -2.10. The van der Waals surface area contributed by atoms with Gasteiger partial charge in [-0.3, -0.25) is 0 Å². The van der Waals surface area contributed by atoms with Gasteiger partial charge in [0, 0.05) is 16.1 Å². The van der Waals surface area contributed by atoms with E-state index < -0.39 is 0 Å². The number of rotatable bonds is 2. The largest absolute Gasteiger partial charge is 0.454 e. The maximum absolute atomic E-state index is 5.77. The maximum Gasteiger partial charge on any atom is 0.231 e. The molecule has 0 saturated carbocycles. The second-order valence-electron chi connectivity index (χ2n) is 3.44. The standard InChI is InChI=1S/C10H12BrNO2/c1-6(12)4-7-8(11)2-3-9-10(7)14-5-13-9/h2-3,6H,4-5,12H2,1H3. The molecule has 4 heteroatoms. The van der Waals surface area contributed by atoms with Gasteiger partial charge in [0.1, 0.15) is 0 Å². The van der Waals surface area contributed by atoms with E-state index in [2.05, 4.69) is 15.9 Å². The SMILES string of the molecule is CC(N)Cc1c(Br)ccc2c1OCO2. The number of benzene rings is 1. The van der Waals surface area contributed by atoms with E-state index in [-0.39, 0.29) is 6.04 Å². The van der Waals surface area contributed by atoms with E-state index in [4.69, 9.17) is 15.2 Å². The summed E-state index contributed by atoms with van der Waals surface area (Å²) in [5.41, 5.74) is 6.86. The molecule has 0 aliphatic carbocycles. The van der Waals surface area contributed by atoms with Crippen molar-refractivity contribution in [3.05, 3.63) is 22.2 Å². The van der Waals surface area contributed by atoms with Crippen LogP contribution in [0.3, 0.4) is 0 Å². The summed E-state index contributed by atoms with van der Waals surface area (Å²) in [5, 5.41) is 0. The van der Waals surface area contributed by atoms with Crippen LogP contribution in [-0.4, -0.2) is 12.8 Å². The molecule has 0 aromatic heterocycles. The second kappa shape index (κ2) is 3.79. The Morgan fingerprint density at radius 3 is 3.00 bits per heavy atom. The molecule has 2 N–H and O–H groups in total. The summed E-state index contributed by atoms with van der Waals surface area (Å²) in [6.45, 7) is 2.28. The molecule has 3 nitrogen and oxygen atoms in total. The molecule has 1 aliphatic rings. The molecule has 0 amide bonds. The zero-order valence-corrected chi connectivity index (χ0v) is 9.50. The fourth-order valence-corrected chi connectivity index (χ4v) is 1.99. The van der Waals surface area contributed by atoms with E-state index in [0.717, 1.165) is 28.0 Å². The smallest absolute Gasteiger partial charge is 0.231 e. The van der Waals surface area contributed by atoms with Crippen molar-refractivity contribution in [3.8, 4) is 11.5 Å². The van der Waals surface area contributed by atoms with E-state index in [0.29, 0.717) is 6.79 Å². The van der Waals surface area contributed by atoms with Gasteiger partial charge in [-0.15, -0.1) is 0 Å². The predicted molar refractivity (Wildman–Crippen MR) is 57.6 cm³/mol. The molecule has 76 valence electrons. The first kappa shape index (κ1) is 9.80. The lowest BCUT2D eigenvalue weighted by atomic mass is 10.1. The molecule has 0 bridgehead atoms. The van der Waals surface area contributed by atoms with Crippen molar-refractivity contribution in [3.63, 3.8) is 0 Å². The molecule has 1 aromatic rings. The summed E-state index contributed by atoms with van der Waals surface area (Å²) in [5.74, 6) is 1.64. The molecule has 1 unspecified atom stereocenters. The molecule has 1 heterocycles. The van der Waals surface area contributed by atoms with Gasteiger partial charge in [0.05, 0.1) is 0 Å². The Bertz CT molecular complexity index is 352. The van der Waals surface area contributed by atoms with Gasteiger partial charge in [-0.1, -0.05) is 15.9 Å². The predicted octanol–water partition coefficient (Wildman–Crippen LogP) is 2.07. The number of hydrogen-bond acceptors (Lipinski definition) is 3. The van der Waals surface area contributed by atoms with Gasteiger partial charge in [0.2, 0.25) is 6.79 Å². The minimum absolute atomic E-state index is 0.113. The number of hydrogen-bond donors (Lipinski definition) is 1. The third-order valence-corrected chi connectivity index (χ3v) is 2.85. The van der Waals surface area contributed by atoms with Crippen LogP contribution in [0.2, 0.25) is 0 Å². The summed E-state index contributed by atoms with van der Waals surface area (Å²) >= 11 is 3.49. The Morgan fingerprint density at radius 2 is 2.29 bits per heavy atom. The van der Waals surface area contributed by atoms with E-state index in [9.17, 15) is 0 Å². The normalized spacial score (nSPS) is 15.6. The van der Waals surface area contributed by atoms with Crippen LogP contribution in [0.25, 0.3) is 0 Å². The topological polar surface area (TPSA) is 44.5 Å². The van der Waals surface area contributed by atoms with Crippen molar-refractivity contribution < 1.29 is 9.47 Å². The van der Waals surface area contributed by atoms with Crippen LogP contribution in [0.15, 0.2) is 16.6 Å². The van der Waals surface area contributed by atoms with Gasteiger partial charge in [0.25, 0.3) is 0 Å².